The maximum absolute atomic E-state index is 14.5. The first-order valence-electron chi connectivity index (χ1n) is 13.4. The molecule has 11 heteroatoms. The predicted octanol–water partition coefficient (Wildman–Crippen LogP) is 5.58. The molecule has 8 nitrogen and oxygen atoms in total. The maximum atomic E-state index is 14.5. The summed E-state index contributed by atoms with van der Waals surface area (Å²) in [6.45, 7) is 1.16. The highest BCUT2D eigenvalue weighted by Crippen LogP contribution is 2.47. The zero-order valence-corrected chi connectivity index (χ0v) is 22.9. The normalized spacial score (nSPS) is 15.8. The minimum absolute atomic E-state index is 0.0527. The van der Waals surface area contributed by atoms with E-state index < -0.39 is 23.0 Å². The zero-order chi connectivity index (χ0) is 29.0. The minimum Gasteiger partial charge on any atom is -0.339 e. The number of anilines is 1. The number of fused-ring (bicyclic) bond motifs is 3. The minimum atomic E-state index is -0.538. The van der Waals surface area contributed by atoms with Gasteiger partial charge in [-0.3, -0.25) is 14.6 Å². The van der Waals surface area contributed by atoms with Crippen molar-refractivity contribution in [3.05, 3.63) is 113 Å². The molecule has 7 rings (SSSR count). The Morgan fingerprint density at radius 3 is 2.50 bits per heavy atom. The van der Waals surface area contributed by atoms with Gasteiger partial charge >= 0.3 is 0 Å². The number of piperidine rings is 1. The van der Waals surface area contributed by atoms with Crippen molar-refractivity contribution >= 4 is 40.0 Å². The lowest BCUT2D eigenvalue weighted by atomic mass is 9.74. The summed E-state index contributed by atoms with van der Waals surface area (Å²) in [6, 6.07) is 17.4. The Balaban J connectivity index is 1.13. The molecule has 0 unspecified atom stereocenters. The van der Waals surface area contributed by atoms with E-state index in [1.165, 1.54) is 35.3 Å². The Labute approximate surface area is 244 Å². The molecule has 2 aliphatic rings. The van der Waals surface area contributed by atoms with Crippen LogP contribution in [0.2, 0.25) is 5.02 Å². The molecule has 1 fully saturated rings. The smallest absolute Gasteiger partial charge is 0.297 e. The Kier molecular flexibility index (Phi) is 6.23. The van der Waals surface area contributed by atoms with E-state index in [-0.39, 0.29) is 11.7 Å². The van der Waals surface area contributed by atoms with Crippen LogP contribution in [0.3, 0.4) is 0 Å². The molecule has 1 saturated heterocycles. The van der Waals surface area contributed by atoms with Crippen molar-refractivity contribution < 1.29 is 18.4 Å². The summed E-state index contributed by atoms with van der Waals surface area (Å²) in [6.07, 6.45) is 4.01. The molecular formula is C31H23ClF2N6O2. The molecule has 2 aromatic heterocycles. The SMILES string of the molecule is O=C(c1cnc2ccc(Cl)cc2c1)N1CCC2(CC1)CN(C(=O)c1ncn(-c3cccc(F)c3)n1)c1ccc(F)cc12. The fraction of sp³-hybridized carbons (Fsp3) is 0.194. The van der Waals surface area contributed by atoms with Crippen LogP contribution in [-0.4, -0.2) is 56.1 Å². The lowest BCUT2D eigenvalue weighted by Crippen LogP contribution is -2.48. The number of carbonyl (C=O) groups excluding carboxylic acids is 2. The Bertz CT molecular complexity index is 1880. The van der Waals surface area contributed by atoms with Crippen LogP contribution in [0.1, 0.15) is 39.4 Å². The van der Waals surface area contributed by atoms with Crippen LogP contribution >= 0.6 is 11.6 Å². The first-order valence-corrected chi connectivity index (χ1v) is 13.8. The standard InChI is InChI=1S/C31H23ClF2N6O2/c32-21-4-6-26-19(13-21)12-20(16-35-26)29(41)38-10-8-31(9-11-38)17-39(27-7-5-23(34)15-25(27)31)30(42)28-36-18-40(37-28)24-3-1-2-22(33)14-24/h1-7,12-16,18H,8-11,17H2. The van der Waals surface area contributed by atoms with Crippen molar-refractivity contribution in [2.24, 2.45) is 0 Å². The van der Waals surface area contributed by atoms with Gasteiger partial charge in [0.15, 0.2) is 0 Å². The van der Waals surface area contributed by atoms with Gasteiger partial charge in [-0.05, 0) is 79.1 Å². The fourth-order valence-electron chi connectivity index (χ4n) is 6.01. The molecule has 2 amide bonds. The molecule has 0 saturated carbocycles. The van der Waals surface area contributed by atoms with Gasteiger partial charge in [-0.2, -0.15) is 0 Å². The van der Waals surface area contributed by atoms with Gasteiger partial charge in [-0.15, -0.1) is 5.10 Å². The van der Waals surface area contributed by atoms with Gasteiger partial charge in [0.2, 0.25) is 5.82 Å². The second kappa shape index (κ2) is 9.99. The lowest BCUT2D eigenvalue weighted by Gasteiger charge is -2.39. The molecule has 42 heavy (non-hydrogen) atoms. The molecule has 0 aliphatic carbocycles. The van der Waals surface area contributed by atoms with Crippen LogP contribution in [0.5, 0.6) is 0 Å². The number of likely N-dealkylation sites (tertiary alicyclic amines) is 1. The van der Waals surface area contributed by atoms with Gasteiger partial charge < -0.3 is 9.80 Å². The lowest BCUT2D eigenvalue weighted by molar-refractivity contribution is 0.0670. The van der Waals surface area contributed by atoms with Gasteiger partial charge in [-0.25, -0.2) is 18.4 Å². The molecule has 4 heterocycles. The Morgan fingerprint density at radius 1 is 0.881 bits per heavy atom. The summed E-state index contributed by atoms with van der Waals surface area (Å²) < 4.78 is 29.6. The largest absolute Gasteiger partial charge is 0.339 e. The molecule has 1 spiro atoms. The van der Waals surface area contributed by atoms with Crippen LogP contribution in [0.15, 0.2) is 79.3 Å². The molecule has 3 aromatic carbocycles. The third kappa shape index (κ3) is 4.48. The number of hydrogen-bond donors (Lipinski definition) is 0. The van der Waals surface area contributed by atoms with E-state index in [2.05, 4.69) is 15.1 Å². The third-order valence-electron chi connectivity index (χ3n) is 8.18. The number of benzene rings is 3. The van der Waals surface area contributed by atoms with Gasteiger partial charge in [0.25, 0.3) is 11.8 Å². The molecule has 2 aliphatic heterocycles. The van der Waals surface area contributed by atoms with Crippen LogP contribution < -0.4 is 4.90 Å². The molecule has 0 radical (unpaired) electrons. The van der Waals surface area contributed by atoms with Crippen molar-refractivity contribution in [3.8, 4) is 5.69 Å². The van der Waals surface area contributed by atoms with Gasteiger partial charge in [0.05, 0.1) is 16.8 Å². The topological polar surface area (TPSA) is 84.2 Å². The zero-order valence-electron chi connectivity index (χ0n) is 22.2. The number of amides is 2. The van der Waals surface area contributed by atoms with Crippen LogP contribution in [0, 0.1) is 11.6 Å². The fourth-order valence-corrected chi connectivity index (χ4v) is 6.20. The second-order valence-electron chi connectivity index (χ2n) is 10.7. The van der Waals surface area contributed by atoms with Crippen molar-refractivity contribution in [3.63, 3.8) is 0 Å². The van der Waals surface area contributed by atoms with E-state index >= 15 is 0 Å². The van der Waals surface area contributed by atoms with E-state index in [0.717, 1.165) is 16.5 Å². The highest BCUT2D eigenvalue weighted by Gasteiger charge is 2.47. The quantitative estimate of drug-likeness (QED) is 0.276. The highest BCUT2D eigenvalue weighted by atomic mass is 35.5. The summed E-state index contributed by atoms with van der Waals surface area (Å²) in [5.41, 5.74) is 2.44. The predicted molar refractivity (Wildman–Crippen MR) is 153 cm³/mol. The summed E-state index contributed by atoms with van der Waals surface area (Å²) in [4.78, 5) is 39.0. The number of halogens is 3. The van der Waals surface area contributed by atoms with Gasteiger partial charge in [0, 0.05) is 47.3 Å². The maximum Gasteiger partial charge on any atom is 0.297 e. The highest BCUT2D eigenvalue weighted by molar-refractivity contribution is 6.31. The second-order valence-corrected chi connectivity index (χ2v) is 11.1. The average molecular weight is 585 g/mol. The Hall–Kier alpha value is -4.70. The van der Waals surface area contributed by atoms with E-state index in [9.17, 15) is 18.4 Å². The number of hydrogen-bond acceptors (Lipinski definition) is 5. The van der Waals surface area contributed by atoms with Crippen molar-refractivity contribution in [2.75, 3.05) is 24.5 Å². The van der Waals surface area contributed by atoms with Crippen LogP contribution in [-0.2, 0) is 5.41 Å². The molecule has 5 aromatic rings. The molecule has 210 valence electrons. The number of nitrogens with zero attached hydrogens (tertiary/aromatic N) is 6. The summed E-state index contributed by atoms with van der Waals surface area (Å²) >= 11 is 6.13. The molecular weight excluding hydrogens is 562 g/mol. The number of rotatable bonds is 3. The number of aromatic nitrogens is 4. The van der Waals surface area contributed by atoms with Crippen molar-refractivity contribution in [1.29, 1.82) is 0 Å². The molecule has 0 bridgehead atoms. The van der Waals surface area contributed by atoms with Crippen LogP contribution in [0.25, 0.3) is 16.6 Å². The van der Waals surface area contributed by atoms with E-state index in [4.69, 9.17) is 11.6 Å². The van der Waals surface area contributed by atoms with E-state index in [0.29, 0.717) is 54.4 Å². The average Bonchev–Trinajstić information content (AvgIpc) is 3.61. The van der Waals surface area contributed by atoms with Gasteiger partial charge in [0.1, 0.15) is 18.0 Å². The van der Waals surface area contributed by atoms with Crippen molar-refractivity contribution in [1.82, 2.24) is 24.6 Å². The molecule has 0 atom stereocenters. The third-order valence-corrected chi connectivity index (χ3v) is 8.42. The van der Waals surface area contributed by atoms with Crippen molar-refractivity contribution in [2.45, 2.75) is 18.3 Å². The van der Waals surface area contributed by atoms with Gasteiger partial charge in [-0.1, -0.05) is 17.7 Å². The molecule has 0 N–H and O–H groups in total. The summed E-state index contributed by atoms with van der Waals surface area (Å²) in [7, 11) is 0. The number of pyridine rings is 1. The first kappa shape index (κ1) is 26.2. The summed E-state index contributed by atoms with van der Waals surface area (Å²) in [5.74, 6) is -1.45. The summed E-state index contributed by atoms with van der Waals surface area (Å²) in [5, 5.41) is 5.64. The van der Waals surface area contributed by atoms with E-state index in [1.807, 2.05) is 6.07 Å². The number of carbonyl (C=O) groups is 2. The first-order chi connectivity index (χ1) is 20.3. The Morgan fingerprint density at radius 2 is 1.69 bits per heavy atom. The van der Waals surface area contributed by atoms with Crippen LogP contribution in [0.4, 0.5) is 14.5 Å². The monoisotopic (exact) mass is 584 g/mol. The van der Waals surface area contributed by atoms with E-state index in [1.54, 1.807) is 52.4 Å².